The summed E-state index contributed by atoms with van der Waals surface area (Å²) in [6.07, 6.45) is 3.85. The minimum absolute atomic E-state index is 0.0303. The number of hydrogen-bond acceptors (Lipinski definition) is 6. The summed E-state index contributed by atoms with van der Waals surface area (Å²) in [7, 11) is -1.19. The number of aryl methyl sites for hydroxylation is 1. The Labute approximate surface area is 190 Å². The molecule has 0 amide bonds. The first-order valence-electron chi connectivity index (χ1n) is 10.4. The molecule has 8 heteroatoms. The second kappa shape index (κ2) is 10.7. The minimum atomic E-state index is -1.19. The fourth-order valence-corrected chi connectivity index (χ4v) is 5.08. The minimum Gasteiger partial charge on any atom is -0.462 e. The van der Waals surface area contributed by atoms with Crippen LogP contribution < -0.4 is 0 Å². The molecule has 1 heterocycles. The van der Waals surface area contributed by atoms with E-state index in [2.05, 4.69) is 6.58 Å². The quantitative estimate of drug-likeness (QED) is 0.236. The van der Waals surface area contributed by atoms with Gasteiger partial charge in [-0.3, -0.25) is 14.3 Å². The van der Waals surface area contributed by atoms with Gasteiger partial charge in [0.1, 0.15) is 0 Å². The number of rotatable bonds is 9. The molecule has 1 fully saturated rings. The molecule has 1 aliphatic heterocycles. The molecule has 1 aliphatic rings. The molecule has 0 radical (unpaired) electrons. The highest BCUT2D eigenvalue weighted by molar-refractivity contribution is 7.85. The van der Waals surface area contributed by atoms with E-state index in [1.807, 2.05) is 31.2 Å². The van der Waals surface area contributed by atoms with E-state index in [1.165, 1.54) is 24.3 Å². The van der Waals surface area contributed by atoms with Gasteiger partial charge in [-0.15, -0.1) is 6.58 Å². The van der Waals surface area contributed by atoms with Crippen LogP contribution in [0.5, 0.6) is 0 Å². The van der Waals surface area contributed by atoms with Gasteiger partial charge in [0.05, 0.1) is 45.9 Å². The van der Waals surface area contributed by atoms with Crippen LogP contribution in [-0.2, 0) is 20.3 Å². The number of nitro benzene ring substituents is 1. The third-order valence-electron chi connectivity index (χ3n) is 5.59. The van der Waals surface area contributed by atoms with E-state index >= 15 is 0 Å². The molecule has 0 aromatic heterocycles. The van der Waals surface area contributed by atoms with E-state index in [0.29, 0.717) is 25.2 Å². The molecule has 0 bridgehead atoms. The Balaban J connectivity index is 1.53. The zero-order chi connectivity index (χ0) is 23.1. The van der Waals surface area contributed by atoms with Gasteiger partial charge in [0.15, 0.2) is 0 Å². The summed E-state index contributed by atoms with van der Waals surface area (Å²) in [5.41, 5.74) is 0.758. The van der Waals surface area contributed by atoms with Gasteiger partial charge in [0.2, 0.25) is 0 Å². The van der Waals surface area contributed by atoms with Gasteiger partial charge in [-0.25, -0.2) is 4.79 Å². The highest BCUT2D eigenvalue weighted by Crippen LogP contribution is 2.33. The number of nitrogens with zero attached hydrogens (tertiary/aromatic N) is 1. The van der Waals surface area contributed by atoms with Gasteiger partial charge in [-0.05, 0) is 50.5 Å². The summed E-state index contributed by atoms with van der Waals surface area (Å²) in [5, 5.41) is 10.7. The van der Waals surface area contributed by atoms with Crippen LogP contribution in [0.4, 0.5) is 5.69 Å². The van der Waals surface area contributed by atoms with E-state index in [0.717, 1.165) is 16.9 Å². The zero-order valence-electron chi connectivity index (χ0n) is 18.0. The Morgan fingerprint density at radius 3 is 2.53 bits per heavy atom. The van der Waals surface area contributed by atoms with Crippen molar-refractivity contribution >= 4 is 22.5 Å². The maximum atomic E-state index is 12.9. The van der Waals surface area contributed by atoms with Crippen molar-refractivity contribution in [2.75, 3.05) is 19.0 Å². The number of esters is 1. The summed E-state index contributed by atoms with van der Waals surface area (Å²) in [5.74, 6) is -0.108. The van der Waals surface area contributed by atoms with Crippen molar-refractivity contribution in [2.24, 2.45) is 5.92 Å². The van der Waals surface area contributed by atoms with Crippen LogP contribution in [0.15, 0.2) is 66.1 Å². The van der Waals surface area contributed by atoms with Crippen LogP contribution >= 0.6 is 0 Å². The SMILES string of the molecule is C=CC[C@]1(CS(=O)c2ccc(C)cc2)CC[C@@H](COC(=O)c2ccc([N+](=O)[O-])cc2)CO1. The number of benzene rings is 2. The lowest BCUT2D eigenvalue weighted by Gasteiger charge is -2.39. The summed E-state index contributed by atoms with van der Waals surface area (Å²) in [6, 6.07) is 13.0. The summed E-state index contributed by atoms with van der Waals surface area (Å²) in [4.78, 5) is 23.2. The first-order valence-corrected chi connectivity index (χ1v) is 11.8. The van der Waals surface area contributed by atoms with Crippen LogP contribution in [0.25, 0.3) is 0 Å². The van der Waals surface area contributed by atoms with Crippen molar-refractivity contribution in [1.82, 2.24) is 0 Å². The average molecular weight is 458 g/mol. The monoisotopic (exact) mass is 457 g/mol. The molecule has 0 spiro atoms. The van der Waals surface area contributed by atoms with Gasteiger partial charge in [0.25, 0.3) is 5.69 Å². The lowest BCUT2D eigenvalue weighted by atomic mass is 9.88. The molecular formula is C24H27NO6S. The number of ether oxygens (including phenoxy) is 2. The third kappa shape index (κ3) is 6.11. The maximum Gasteiger partial charge on any atom is 0.338 e. The zero-order valence-corrected chi connectivity index (χ0v) is 18.8. The summed E-state index contributed by atoms with van der Waals surface area (Å²) >= 11 is 0. The molecule has 1 saturated heterocycles. The van der Waals surface area contributed by atoms with Gasteiger partial charge in [-0.1, -0.05) is 23.8 Å². The van der Waals surface area contributed by atoms with Gasteiger partial charge in [-0.2, -0.15) is 0 Å². The first-order chi connectivity index (χ1) is 15.3. The van der Waals surface area contributed by atoms with Crippen LogP contribution in [0, 0.1) is 23.0 Å². The van der Waals surface area contributed by atoms with E-state index in [4.69, 9.17) is 9.47 Å². The number of carbonyl (C=O) groups is 1. The standard InChI is InChI=1S/C24H27NO6S/c1-3-13-24(17-32(29)22-10-4-18(2)5-11-22)14-12-19(16-31-24)15-30-23(26)20-6-8-21(9-7-20)25(27)28/h3-11,19H,1,12-17H2,2H3/t19-,24+,32?/m0/s1. The molecule has 2 aromatic carbocycles. The summed E-state index contributed by atoms with van der Waals surface area (Å²) < 4.78 is 24.5. The molecule has 0 saturated carbocycles. The predicted octanol–water partition coefficient (Wildman–Crippen LogP) is 4.61. The third-order valence-corrected chi connectivity index (χ3v) is 7.18. The fraction of sp³-hybridized carbons (Fsp3) is 0.375. The normalized spacial score (nSPS) is 21.5. The largest absolute Gasteiger partial charge is 0.462 e. The van der Waals surface area contributed by atoms with Crippen molar-refractivity contribution in [3.05, 3.63) is 82.4 Å². The Hall–Kier alpha value is -2.84. The van der Waals surface area contributed by atoms with Crippen LogP contribution in [0.1, 0.15) is 35.2 Å². The molecule has 32 heavy (non-hydrogen) atoms. The number of non-ortho nitro benzene ring substituents is 1. The smallest absolute Gasteiger partial charge is 0.338 e. The Bertz CT molecular complexity index is 979. The molecule has 170 valence electrons. The van der Waals surface area contributed by atoms with Gasteiger partial charge < -0.3 is 9.47 Å². The van der Waals surface area contributed by atoms with Crippen LogP contribution in [0.2, 0.25) is 0 Å². The van der Waals surface area contributed by atoms with Crippen molar-refractivity contribution in [3.63, 3.8) is 0 Å². The molecule has 7 nitrogen and oxygen atoms in total. The fourth-order valence-electron chi connectivity index (χ4n) is 3.65. The number of carbonyl (C=O) groups excluding carboxylic acids is 1. The molecule has 1 unspecified atom stereocenters. The molecule has 3 rings (SSSR count). The predicted molar refractivity (Wildman–Crippen MR) is 122 cm³/mol. The molecule has 0 N–H and O–H groups in total. The lowest BCUT2D eigenvalue weighted by Crippen LogP contribution is -2.44. The van der Waals surface area contributed by atoms with E-state index < -0.39 is 27.3 Å². The Morgan fingerprint density at radius 2 is 1.97 bits per heavy atom. The lowest BCUT2D eigenvalue weighted by molar-refractivity contribution is -0.384. The van der Waals surface area contributed by atoms with E-state index in [9.17, 15) is 19.1 Å². The topological polar surface area (TPSA) is 95.7 Å². The number of nitro groups is 1. The summed E-state index contributed by atoms with van der Waals surface area (Å²) in [6.45, 7) is 6.41. The van der Waals surface area contributed by atoms with Crippen LogP contribution in [-0.4, -0.2) is 39.7 Å². The Kier molecular flexibility index (Phi) is 7.93. The van der Waals surface area contributed by atoms with Crippen molar-refractivity contribution in [1.29, 1.82) is 0 Å². The molecule has 2 aromatic rings. The van der Waals surface area contributed by atoms with Gasteiger partial charge >= 0.3 is 5.97 Å². The van der Waals surface area contributed by atoms with Gasteiger partial charge in [0, 0.05) is 22.9 Å². The highest BCUT2D eigenvalue weighted by atomic mass is 32.2. The molecule has 3 atom stereocenters. The van der Waals surface area contributed by atoms with Crippen molar-refractivity contribution in [2.45, 2.75) is 36.7 Å². The second-order valence-electron chi connectivity index (χ2n) is 8.10. The highest BCUT2D eigenvalue weighted by Gasteiger charge is 2.37. The van der Waals surface area contributed by atoms with Crippen molar-refractivity contribution < 1.29 is 23.4 Å². The maximum absolute atomic E-state index is 12.9. The first kappa shape index (κ1) is 23.8. The Morgan fingerprint density at radius 1 is 1.28 bits per heavy atom. The van der Waals surface area contributed by atoms with Crippen molar-refractivity contribution in [3.8, 4) is 0 Å². The van der Waals surface area contributed by atoms with E-state index in [-0.39, 0.29) is 23.8 Å². The molecule has 0 aliphatic carbocycles. The average Bonchev–Trinajstić information content (AvgIpc) is 2.79. The van der Waals surface area contributed by atoms with E-state index in [1.54, 1.807) is 6.08 Å². The van der Waals surface area contributed by atoms with Crippen LogP contribution in [0.3, 0.4) is 0 Å². The number of hydrogen-bond donors (Lipinski definition) is 0. The molecular weight excluding hydrogens is 430 g/mol. The second-order valence-corrected chi connectivity index (χ2v) is 9.55.